The summed E-state index contributed by atoms with van der Waals surface area (Å²) in [5.74, 6) is -0.444. The number of nitrogens with one attached hydrogen (secondary N) is 2. The van der Waals surface area contributed by atoms with Crippen LogP contribution in [0.25, 0.3) is 0 Å². The van der Waals surface area contributed by atoms with Crippen LogP contribution in [-0.4, -0.2) is 65.7 Å². The van der Waals surface area contributed by atoms with Crippen molar-refractivity contribution < 1.29 is 28.2 Å². The predicted molar refractivity (Wildman–Crippen MR) is 111 cm³/mol. The summed E-state index contributed by atoms with van der Waals surface area (Å²) in [6, 6.07) is 6.03. The number of aliphatic hydroxyl groups is 1. The Hall–Kier alpha value is -2.17. The summed E-state index contributed by atoms with van der Waals surface area (Å²) in [4.78, 5) is 23.8. The highest BCUT2D eigenvalue weighted by molar-refractivity contribution is 7.89. The lowest BCUT2D eigenvalue weighted by Gasteiger charge is -2.28. The molecule has 1 aromatic rings. The molecule has 30 heavy (non-hydrogen) atoms. The third-order valence-corrected chi connectivity index (χ3v) is 7.21. The summed E-state index contributed by atoms with van der Waals surface area (Å²) in [6.45, 7) is 5.35. The number of rotatable bonds is 7. The van der Waals surface area contributed by atoms with E-state index in [9.17, 15) is 23.1 Å². The van der Waals surface area contributed by atoms with Crippen LogP contribution in [0.4, 0.5) is 4.79 Å². The van der Waals surface area contributed by atoms with E-state index in [4.69, 9.17) is 5.11 Å². The zero-order valence-electron chi connectivity index (χ0n) is 17.5. The van der Waals surface area contributed by atoms with Gasteiger partial charge in [0.15, 0.2) is 0 Å². The molecule has 4 N–H and O–H groups in total. The number of carbonyl (C=O) groups is 2. The molecular formula is C20H31N3O6S. The van der Waals surface area contributed by atoms with Gasteiger partial charge in [-0.1, -0.05) is 32.0 Å². The molecule has 9 nitrogen and oxygen atoms in total. The van der Waals surface area contributed by atoms with E-state index in [1.54, 1.807) is 25.1 Å². The minimum Gasteiger partial charge on any atom is -0.465 e. The van der Waals surface area contributed by atoms with E-state index in [1.807, 2.05) is 13.8 Å². The molecule has 1 aliphatic rings. The first kappa shape index (κ1) is 24.1. The van der Waals surface area contributed by atoms with Crippen LogP contribution in [0.2, 0.25) is 0 Å². The summed E-state index contributed by atoms with van der Waals surface area (Å²) in [5.41, 5.74) is 0. The van der Waals surface area contributed by atoms with Gasteiger partial charge in [0.1, 0.15) is 6.04 Å². The number of hydrogen-bond donors (Lipinski definition) is 4. The van der Waals surface area contributed by atoms with Crippen molar-refractivity contribution >= 4 is 22.0 Å². The van der Waals surface area contributed by atoms with Crippen molar-refractivity contribution in [2.45, 2.75) is 69.2 Å². The van der Waals surface area contributed by atoms with E-state index < -0.39 is 40.2 Å². The second-order valence-electron chi connectivity index (χ2n) is 8.13. The van der Waals surface area contributed by atoms with Crippen molar-refractivity contribution in [1.82, 2.24) is 14.9 Å². The monoisotopic (exact) mass is 441 g/mol. The molecule has 1 heterocycles. The Labute approximate surface area is 177 Å². The van der Waals surface area contributed by atoms with Crippen molar-refractivity contribution in [3.63, 3.8) is 0 Å². The van der Waals surface area contributed by atoms with Crippen molar-refractivity contribution in [3.8, 4) is 0 Å². The third-order valence-electron chi connectivity index (χ3n) is 5.22. The number of β-amino-alcohol motifs (C(OH)–C–C–N with tert-alkyl or cyclic N) is 1. The Morgan fingerprint density at radius 1 is 1.20 bits per heavy atom. The molecule has 0 aliphatic carbocycles. The fourth-order valence-electron chi connectivity index (χ4n) is 3.62. The van der Waals surface area contributed by atoms with Crippen LogP contribution in [0.3, 0.4) is 0 Å². The van der Waals surface area contributed by atoms with E-state index in [-0.39, 0.29) is 23.4 Å². The molecule has 2 rings (SSSR count). The average Bonchev–Trinajstić information content (AvgIpc) is 2.81. The number of benzene rings is 1. The van der Waals surface area contributed by atoms with Gasteiger partial charge in [0.25, 0.3) is 0 Å². The molecule has 0 spiro atoms. The molecule has 1 aliphatic heterocycles. The maximum absolute atomic E-state index is 13.0. The lowest BCUT2D eigenvalue weighted by atomic mass is 10.0. The first-order valence-corrected chi connectivity index (χ1v) is 11.5. The van der Waals surface area contributed by atoms with Crippen LogP contribution in [0.5, 0.6) is 0 Å². The maximum Gasteiger partial charge on any atom is 0.405 e. The van der Waals surface area contributed by atoms with Gasteiger partial charge in [0.05, 0.1) is 17.0 Å². The normalized spacial score (nSPS) is 24.1. The molecular weight excluding hydrogens is 410 g/mol. The number of hydrogen-bond acceptors (Lipinski definition) is 5. The smallest absolute Gasteiger partial charge is 0.405 e. The van der Waals surface area contributed by atoms with Gasteiger partial charge in [-0.3, -0.25) is 4.79 Å². The topological polar surface area (TPSA) is 136 Å². The average molecular weight is 442 g/mol. The van der Waals surface area contributed by atoms with E-state index in [0.717, 1.165) is 0 Å². The van der Waals surface area contributed by atoms with Crippen molar-refractivity contribution in [2.75, 3.05) is 6.54 Å². The molecule has 0 radical (unpaired) electrons. The van der Waals surface area contributed by atoms with Gasteiger partial charge in [0.2, 0.25) is 15.9 Å². The summed E-state index contributed by atoms with van der Waals surface area (Å²) in [6.07, 6.45) is -1.30. The summed E-state index contributed by atoms with van der Waals surface area (Å²) in [7, 11) is -3.80. The Bertz CT molecular complexity index is 830. The van der Waals surface area contributed by atoms with Gasteiger partial charge in [-0.25, -0.2) is 13.2 Å². The summed E-state index contributed by atoms with van der Waals surface area (Å²) < 4.78 is 27.3. The molecule has 4 atom stereocenters. The highest BCUT2D eigenvalue weighted by atomic mass is 32.2. The van der Waals surface area contributed by atoms with Crippen LogP contribution in [0, 0.1) is 5.92 Å². The zero-order chi connectivity index (χ0) is 22.5. The molecule has 168 valence electrons. The first-order chi connectivity index (χ1) is 14.0. The van der Waals surface area contributed by atoms with Crippen molar-refractivity contribution in [2.24, 2.45) is 5.92 Å². The van der Waals surface area contributed by atoms with E-state index in [1.165, 1.54) is 16.4 Å². The Morgan fingerprint density at radius 2 is 1.83 bits per heavy atom. The van der Waals surface area contributed by atoms with Gasteiger partial charge in [-0.15, -0.1) is 0 Å². The Balaban J connectivity index is 2.14. The quantitative estimate of drug-likeness (QED) is 0.505. The fourth-order valence-corrected chi connectivity index (χ4v) is 5.32. The van der Waals surface area contributed by atoms with E-state index in [2.05, 4.69) is 10.6 Å². The minimum atomic E-state index is -3.80. The number of amides is 2. The predicted octanol–water partition coefficient (Wildman–Crippen LogP) is 1.39. The standard InChI is InChI=1S/C20H31N3O6S/c1-13(2)11-17(22-20(26)27)19(25)21-16-10-9-14(3)23(12-18(16)24)30(28,29)15-7-5-4-6-8-15/h4-8,13-14,16-18,22,24H,9-12H2,1-3H3,(H,21,25)(H,26,27)/t14-,16+,17-,18+/m0/s1. The van der Waals surface area contributed by atoms with Crippen molar-refractivity contribution in [1.29, 1.82) is 0 Å². The number of nitrogens with zero attached hydrogens (tertiary/aromatic N) is 1. The lowest BCUT2D eigenvalue weighted by molar-refractivity contribution is -0.125. The van der Waals surface area contributed by atoms with Gasteiger partial charge in [-0.05, 0) is 44.2 Å². The highest BCUT2D eigenvalue weighted by Crippen LogP contribution is 2.25. The van der Waals surface area contributed by atoms with Gasteiger partial charge < -0.3 is 20.8 Å². The summed E-state index contributed by atoms with van der Waals surface area (Å²) >= 11 is 0. The largest absolute Gasteiger partial charge is 0.465 e. The zero-order valence-corrected chi connectivity index (χ0v) is 18.3. The number of sulfonamides is 1. The third kappa shape index (κ3) is 6.16. The Morgan fingerprint density at radius 3 is 2.40 bits per heavy atom. The fraction of sp³-hybridized carbons (Fsp3) is 0.600. The van der Waals surface area contributed by atoms with Crippen LogP contribution >= 0.6 is 0 Å². The van der Waals surface area contributed by atoms with Crippen LogP contribution in [-0.2, 0) is 14.8 Å². The second kappa shape index (κ2) is 10.2. The number of carbonyl (C=O) groups excluding carboxylic acids is 1. The molecule has 0 unspecified atom stereocenters. The molecule has 10 heteroatoms. The summed E-state index contributed by atoms with van der Waals surface area (Å²) in [5, 5.41) is 24.6. The molecule has 1 aromatic carbocycles. The SMILES string of the molecule is CC(C)C[C@H](NC(=O)O)C(=O)N[C@@H]1CC[C@H](C)N(S(=O)(=O)c2ccccc2)C[C@H]1O. The van der Waals surface area contributed by atoms with Gasteiger partial charge in [-0.2, -0.15) is 4.31 Å². The molecule has 2 amide bonds. The maximum atomic E-state index is 13.0. The number of aliphatic hydroxyl groups excluding tert-OH is 1. The van der Waals surface area contributed by atoms with Gasteiger partial charge in [0, 0.05) is 12.6 Å². The van der Waals surface area contributed by atoms with Crippen LogP contribution in [0.1, 0.15) is 40.0 Å². The van der Waals surface area contributed by atoms with Crippen molar-refractivity contribution in [3.05, 3.63) is 30.3 Å². The van der Waals surface area contributed by atoms with Crippen LogP contribution < -0.4 is 10.6 Å². The lowest BCUT2D eigenvalue weighted by Crippen LogP contribution is -2.53. The minimum absolute atomic E-state index is 0.0817. The second-order valence-corrected chi connectivity index (χ2v) is 10.0. The van der Waals surface area contributed by atoms with E-state index in [0.29, 0.717) is 19.3 Å². The van der Waals surface area contributed by atoms with Crippen LogP contribution in [0.15, 0.2) is 35.2 Å². The highest BCUT2D eigenvalue weighted by Gasteiger charge is 2.37. The first-order valence-electron chi connectivity index (χ1n) is 10.1. The van der Waals surface area contributed by atoms with E-state index >= 15 is 0 Å². The molecule has 1 saturated heterocycles. The molecule has 0 bridgehead atoms. The molecule has 0 aromatic heterocycles. The Kier molecular flexibility index (Phi) is 8.22. The molecule has 1 fully saturated rings. The molecule has 0 saturated carbocycles. The van der Waals surface area contributed by atoms with Gasteiger partial charge >= 0.3 is 6.09 Å². The number of carboxylic acid groups (broad SMARTS) is 1.